The van der Waals surface area contributed by atoms with Crippen LogP contribution in [0.5, 0.6) is 0 Å². The van der Waals surface area contributed by atoms with Crippen molar-refractivity contribution in [3.8, 4) is 0 Å². The first-order valence-electron chi connectivity index (χ1n) is 8.41. The minimum atomic E-state index is -1.14. The number of rotatable bonds is 7. The Balaban J connectivity index is 2.88. The summed E-state index contributed by atoms with van der Waals surface area (Å²) in [7, 11) is 3.88. The second-order valence-corrected chi connectivity index (χ2v) is 7.33. The van der Waals surface area contributed by atoms with Crippen molar-refractivity contribution in [3.05, 3.63) is 29.3 Å². The predicted octanol–water partition coefficient (Wildman–Crippen LogP) is 2.76. The number of nitrogens with one attached hydrogen (secondary N) is 2. The lowest BCUT2D eigenvalue weighted by Gasteiger charge is -2.25. The minimum Gasteiger partial charge on any atom is -0.354 e. The molecule has 0 saturated carbocycles. The zero-order chi connectivity index (χ0) is 18.5. The normalized spacial score (nSPS) is 11.7. The number of hydrogen-bond donors (Lipinski definition) is 2. The number of carbonyl (C=O) groups excluding carboxylic acids is 2. The maximum atomic E-state index is 12.7. The maximum Gasteiger partial charge on any atom is 0.239 e. The van der Waals surface area contributed by atoms with Crippen molar-refractivity contribution in [3.63, 3.8) is 0 Å². The third-order valence-corrected chi connectivity index (χ3v) is 4.15. The summed E-state index contributed by atoms with van der Waals surface area (Å²) in [6.07, 6.45) is 0. The van der Waals surface area contributed by atoms with E-state index < -0.39 is 5.41 Å². The SMILES string of the molecule is Cc1cccc(C(C)C)c1NC(=O)C(C)(C)C(=O)NCCN(C)C. The van der Waals surface area contributed by atoms with E-state index in [-0.39, 0.29) is 17.7 Å². The molecule has 0 aliphatic rings. The monoisotopic (exact) mass is 333 g/mol. The summed E-state index contributed by atoms with van der Waals surface area (Å²) in [5.74, 6) is -0.264. The molecule has 0 atom stereocenters. The Labute approximate surface area is 145 Å². The van der Waals surface area contributed by atoms with Gasteiger partial charge < -0.3 is 15.5 Å². The van der Waals surface area contributed by atoms with Crippen LogP contribution < -0.4 is 10.6 Å². The van der Waals surface area contributed by atoms with Gasteiger partial charge in [-0.15, -0.1) is 0 Å². The highest BCUT2D eigenvalue weighted by Gasteiger charge is 2.36. The van der Waals surface area contributed by atoms with Gasteiger partial charge in [0, 0.05) is 18.8 Å². The summed E-state index contributed by atoms with van der Waals surface area (Å²) >= 11 is 0. The number of anilines is 1. The lowest BCUT2D eigenvalue weighted by molar-refractivity contribution is -0.138. The van der Waals surface area contributed by atoms with Crippen LogP contribution in [0, 0.1) is 12.3 Å². The summed E-state index contributed by atoms with van der Waals surface area (Å²) in [4.78, 5) is 27.1. The Morgan fingerprint density at radius 1 is 1.17 bits per heavy atom. The molecule has 2 amide bonds. The summed E-state index contributed by atoms with van der Waals surface area (Å²) in [5, 5.41) is 5.80. The van der Waals surface area contributed by atoms with Crippen LogP contribution in [0.2, 0.25) is 0 Å². The van der Waals surface area contributed by atoms with E-state index in [2.05, 4.69) is 24.5 Å². The molecule has 0 unspecified atom stereocenters. The molecule has 0 heterocycles. The summed E-state index contributed by atoms with van der Waals surface area (Å²) in [5.41, 5.74) is 1.75. The third kappa shape index (κ3) is 5.06. The van der Waals surface area contributed by atoms with Crippen LogP contribution in [-0.2, 0) is 9.59 Å². The first kappa shape index (κ1) is 20.2. The van der Waals surface area contributed by atoms with Crippen LogP contribution in [0.15, 0.2) is 18.2 Å². The number of carbonyl (C=O) groups is 2. The minimum absolute atomic E-state index is 0.262. The van der Waals surface area contributed by atoms with Crippen molar-refractivity contribution in [2.45, 2.75) is 40.5 Å². The maximum absolute atomic E-state index is 12.7. The zero-order valence-electron chi connectivity index (χ0n) is 16.0. The zero-order valence-corrected chi connectivity index (χ0v) is 16.0. The molecule has 5 nitrogen and oxygen atoms in total. The van der Waals surface area contributed by atoms with Gasteiger partial charge in [-0.2, -0.15) is 0 Å². The van der Waals surface area contributed by atoms with E-state index in [9.17, 15) is 9.59 Å². The summed E-state index contributed by atoms with van der Waals surface area (Å²) in [6.45, 7) is 10.7. The van der Waals surface area contributed by atoms with Crippen molar-refractivity contribution >= 4 is 17.5 Å². The van der Waals surface area contributed by atoms with Crippen LogP contribution in [-0.4, -0.2) is 43.9 Å². The first-order chi connectivity index (χ1) is 11.1. The predicted molar refractivity (Wildman–Crippen MR) is 99.2 cm³/mol. The molecular weight excluding hydrogens is 302 g/mol. The molecule has 0 aliphatic heterocycles. The lowest BCUT2D eigenvalue weighted by Crippen LogP contribution is -2.46. The van der Waals surface area contributed by atoms with Crippen molar-refractivity contribution < 1.29 is 9.59 Å². The number of likely N-dealkylation sites (N-methyl/N-ethyl adjacent to an activating group) is 1. The molecule has 0 fully saturated rings. The van der Waals surface area contributed by atoms with Gasteiger partial charge in [0.2, 0.25) is 11.8 Å². The highest BCUT2D eigenvalue weighted by molar-refractivity contribution is 6.10. The molecule has 0 spiro atoms. The summed E-state index contributed by atoms with van der Waals surface area (Å²) < 4.78 is 0. The van der Waals surface area contributed by atoms with Gasteiger partial charge in [-0.25, -0.2) is 0 Å². The van der Waals surface area contributed by atoms with Gasteiger partial charge in [-0.3, -0.25) is 9.59 Å². The van der Waals surface area contributed by atoms with Crippen molar-refractivity contribution in [2.24, 2.45) is 5.41 Å². The molecule has 0 radical (unpaired) electrons. The van der Waals surface area contributed by atoms with Gasteiger partial charge in [-0.1, -0.05) is 32.0 Å². The van der Waals surface area contributed by atoms with Crippen molar-refractivity contribution in [1.29, 1.82) is 0 Å². The fourth-order valence-electron chi connectivity index (χ4n) is 2.33. The van der Waals surface area contributed by atoms with Gasteiger partial charge >= 0.3 is 0 Å². The highest BCUT2D eigenvalue weighted by atomic mass is 16.2. The van der Waals surface area contributed by atoms with Crippen LogP contribution in [0.4, 0.5) is 5.69 Å². The fourth-order valence-corrected chi connectivity index (χ4v) is 2.33. The Morgan fingerprint density at radius 2 is 1.79 bits per heavy atom. The van der Waals surface area contributed by atoms with E-state index >= 15 is 0 Å². The number of aryl methyl sites for hydroxylation is 1. The van der Waals surface area contributed by atoms with E-state index in [0.717, 1.165) is 23.4 Å². The van der Waals surface area contributed by atoms with E-state index in [4.69, 9.17) is 0 Å². The van der Waals surface area contributed by atoms with E-state index in [1.54, 1.807) is 13.8 Å². The van der Waals surface area contributed by atoms with Crippen LogP contribution in [0.25, 0.3) is 0 Å². The van der Waals surface area contributed by atoms with Gasteiger partial charge in [0.25, 0.3) is 0 Å². The number of para-hydroxylation sites is 1. The number of amides is 2. The van der Waals surface area contributed by atoms with Gasteiger partial charge in [0.15, 0.2) is 0 Å². The second-order valence-electron chi connectivity index (χ2n) is 7.33. The average molecular weight is 333 g/mol. The lowest BCUT2D eigenvalue weighted by atomic mass is 9.90. The van der Waals surface area contributed by atoms with E-state index in [1.165, 1.54) is 0 Å². The Kier molecular flexibility index (Phi) is 6.96. The quantitative estimate of drug-likeness (QED) is 0.754. The van der Waals surface area contributed by atoms with Crippen LogP contribution >= 0.6 is 0 Å². The van der Waals surface area contributed by atoms with Gasteiger partial charge in [0.1, 0.15) is 5.41 Å². The highest BCUT2D eigenvalue weighted by Crippen LogP contribution is 2.29. The molecule has 1 aromatic carbocycles. The van der Waals surface area contributed by atoms with Crippen LogP contribution in [0.3, 0.4) is 0 Å². The fraction of sp³-hybridized carbons (Fsp3) is 0.579. The summed E-state index contributed by atoms with van der Waals surface area (Å²) in [6, 6.07) is 5.96. The molecule has 0 aromatic heterocycles. The average Bonchev–Trinajstić information content (AvgIpc) is 2.48. The van der Waals surface area contributed by atoms with E-state index in [1.807, 2.05) is 44.1 Å². The molecule has 1 aromatic rings. The molecular formula is C19H31N3O2. The van der Waals surface area contributed by atoms with Gasteiger partial charge in [-0.05, 0) is 51.9 Å². The largest absolute Gasteiger partial charge is 0.354 e. The standard InChI is InChI=1S/C19H31N3O2/c1-13(2)15-10-8-9-14(3)16(15)21-18(24)19(4,5)17(23)20-11-12-22(6)7/h8-10,13H,11-12H2,1-7H3,(H,20,23)(H,21,24). The smallest absolute Gasteiger partial charge is 0.239 e. The Bertz CT molecular complexity index is 592. The number of nitrogens with zero attached hydrogens (tertiary/aromatic N) is 1. The molecule has 134 valence electrons. The Hall–Kier alpha value is -1.88. The Morgan fingerprint density at radius 3 is 2.33 bits per heavy atom. The molecule has 0 bridgehead atoms. The first-order valence-corrected chi connectivity index (χ1v) is 8.41. The van der Waals surface area contributed by atoms with E-state index in [0.29, 0.717) is 6.54 Å². The molecule has 0 aliphatic carbocycles. The van der Waals surface area contributed by atoms with Crippen molar-refractivity contribution in [1.82, 2.24) is 10.2 Å². The third-order valence-electron chi connectivity index (χ3n) is 4.15. The number of benzene rings is 1. The molecule has 2 N–H and O–H groups in total. The molecule has 1 rings (SSSR count). The van der Waals surface area contributed by atoms with Crippen LogP contribution in [0.1, 0.15) is 44.7 Å². The second kappa shape index (κ2) is 8.29. The van der Waals surface area contributed by atoms with Crippen molar-refractivity contribution in [2.75, 3.05) is 32.5 Å². The molecule has 0 saturated heterocycles. The topological polar surface area (TPSA) is 61.4 Å². The molecule has 5 heteroatoms. The number of hydrogen-bond acceptors (Lipinski definition) is 3. The molecule has 24 heavy (non-hydrogen) atoms. The van der Waals surface area contributed by atoms with Gasteiger partial charge in [0.05, 0.1) is 0 Å².